The van der Waals surface area contributed by atoms with E-state index in [0.717, 1.165) is 18.6 Å². The summed E-state index contributed by atoms with van der Waals surface area (Å²) < 4.78 is 0. The second kappa shape index (κ2) is 7.06. The van der Waals surface area contributed by atoms with Crippen molar-refractivity contribution in [3.8, 4) is 0 Å². The molecule has 0 radical (unpaired) electrons. The summed E-state index contributed by atoms with van der Waals surface area (Å²) >= 11 is 0. The molecular formula is C18H33NO. The van der Waals surface area contributed by atoms with Gasteiger partial charge in [0.2, 0.25) is 0 Å². The van der Waals surface area contributed by atoms with Gasteiger partial charge in [0.1, 0.15) is 5.78 Å². The summed E-state index contributed by atoms with van der Waals surface area (Å²) in [6.07, 6.45) is 13.8. The van der Waals surface area contributed by atoms with Crippen molar-refractivity contribution in [2.24, 2.45) is 5.41 Å². The Bertz CT molecular complexity index is 293. The molecule has 116 valence electrons. The first-order chi connectivity index (χ1) is 9.50. The highest BCUT2D eigenvalue weighted by atomic mass is 16.1. The van der Waals surface area contributed by atoms with E-state index in [2.05, 4.69) is 18.7 Å². The highest BCUT2D eigenvalue weighted by Crippen LogP contribution is 2.33. The van der Waals surface area contributed by atoms with E-state index in [9.17, 15) is 4.79 Å². The monoisotopic (exact) mass is 279 g/mol. The van der Waals surface area contributed by atoms with Crippen molar-refractivity contribution in [3.05, 3.63) is 0 Å². The maximum absolute atomic E-state index is 11.9. The van der Waals surface area contributed by atoms with Gasteiger partial charge >= 0.3 is 0 Å². The first-order valence-corrected chi connectivity index (χ1v) is 8.77. The van der Waals surface area contributed by atoms with Crippen molar-refractivity contribution in [1.29, 1.82) is 0 Å². The minimum absolute atomic E-state index is 0.186. The summed E-state index contributed by atoms with van der Waals surface area (Å²) in [7, 11) is 0. The summed E-state index contributed by atoms with van der Waals surface area (Å²) in [5, 5.41) is 0. The zero-order valence-corrected chi connectivity index (χ0v) is 13.8. The van der Waals surface area contributed by atoms with Gasteiger partial charge in [0.05, 0.1) is 0 Å². The molecule has 0 aromatic carbocycles. The van der Waals surface area contributed by atoms with Crippen molar-refractivity contribution < 1.29 is 4.79 Å². The third-order valence-electron chi connectivity index (χ3n) is 5.62. The minimum atomic E-state index is -0.186. The van der Waals surface area contributed by atoms with Gasteiger partial charge in [-0.3, -0.25) is 9.69 Å². The van der Waals surface area contributed by atoms with Gasteiger partial charge in [-0.25, -0.2) is 0 Å². The molecule has 0 spiro atoms. The predicted molar refractivity (Wildman–Crippen MR) is 84.9 cm³/mol. The fraction of sp³-hybridized carbons (Fsp3) is 0.944. The average Bonchev–Trinajstić information content (AvgIpc) is 2.46. The minimum Gasteiger partial charge on any atom is -0.299 e. The second-order valence-electron chi connectivity index (χ2n) is 7.70. The maximum atomic E-state index is 11.9. The van der Waals surface area contributed by atoms with Gasteiger partial charge in [0, 0.05) is 24.0 Å². The summed E-state index contributed by atoms with van der Waals surface area (Å²) in [6.45, 7) is 7.00. The molecule has 0 N–H and O–H groups in total. The number of ketones is 1. The average molecular weight is 279 g/mol. The Balaban J connectivity index is 2.07. The van der Waals surface area contributed by atoms with Gasteiger partial charge in [0.15, 0.2) is 0 Å². The Labute approximate surface area is 125 Å². The van der Waals surface area contributed by atoms with E-state index in [1.807, 2.05) is 0 Å². The molecule has 2 saturated carbocycles. The van der Waals surface area contributed by atoms with Gasteiger partial charge in [0.25, 0.3) is 0 Å². The molecule has 0 aromatic heterocycles. The van der Waals surface area contributed by atoms with Gasteiger partial charge in [-0.15, -0.1) is 0 Å². The lowest BCUT2D eigenvalue weighted by Gasteiger charge is -2.44. The van der Waals surface area contributed by atoms with Crippen LogP contribution in [0.1, 0.15) is 85.0 Å². The van der Waals surface area contributed by atoms with Crippen molar-refractivity contribution in [1.82, 2.24) is 4.90 Å². The normalized spacial score (nSPS) is 23.2. The SMILES string of the molecule is CC(=O)C(C)(C)CN(C1CCCCC1)C1CCCCC1. The number of hydrogen-bond acceptors (Lipinski definition) is 2. The van der Waals surface area contributed by atoms with Crippen LogP contribution in [0, 0.1) is 5.41 Å². The van der Waals surface area contributed by atoms with E-state index in [1.165, 1.54) is 64.2 Å². The molecule has 2 aliphatic carbocycles. The van der Waals surface area contributed by atoms with Crippen LogP contribution in [0.5, 0.6) is 0 Å². The summed E-state index contributed by atoms with van der Waals surface area (Å²) in [5.41, 5.74) is -0.186. The number of hydrogen-bond donors (Lipinski definition) is 0. The molecule has 2 aliphatic rings. The molecular weight excluding hydrogens is 246 g/mol. The number of Topliss-reactive ketones (excluding diaryl/α,β-unsaturated/α-hetero) is 1. The molecule has 2 fully saturated rings. The van der Waals surface area contributed by atoms with Crippen molar-refractivity contribution in [2.75, 3.05) is 6.54 Å². The lowest BCUT2D eigenvalue weighted by atomic mass is 9.83. The number of carbonyl (C=O) groups is 1. The highest BCUT2D eigenvalue weighted by Gasteiger charge is 2.34. The van der Waals surface area contributed by atoms with Gasteiger partial charge in [-0.2, -0.15) is 0 Å². The number of carbonyl (C=O) groups excluding carboxylic acids is 1. The Morgan fingerprint density at radius 2 is 1.30 bits per heavy atom. The Kier molecular flexibility index (Phi) is 5.65. The molecule has 0 unspecified atom stereocenters. The van der Waals surface area contributed by atoms with Crippen LogP contribution in [0.25, 0.3) is 0 Å². The van der Waals surface area contributed by atoms with E-state index in [-0.39, 0.29) is 5.41 Å². The Hall–Kier alpha value is -0.370. The van der Waals surface area contributed by atoms with E-state index in [1.54, 1.807) is 6.92 Å². The van der Waals surface area contributed by atoms with Crippen LogP contribution in [-0.4, -0.2) is 29.3 Å². The molecule has 2 nitrogen and oxygen atoms in total. The van der Waals surface area contributed by atoms with E-state index in [4.69, 9.17) is 0 Å². The van der Waals surface area contributed by atoms with Crippen LogP contribution in [-0.2, 0) is 4.79 Å². The predicted octanol–water partition coefficient (Wildman–Crippen LogP) is 4.57. The lowest BCUT2D eigenvalue weighted by Crippen LogP contribution is -2.50. The maximum Gasteiger partial charge on any atom is 0.136 e. The van der Waals surface area contributed by atoms with Crippen LogP contribution in [0.4, 0.5) is 0 Å². The first kappa shape index (κ1) is 16.0. The van der Waals surface area contributed by atoms with Crippen LogP contribution < -0.4 is 0 Å². The first-order valence-electron chi connectivity index (χ1n) is 8.77. The summed E-state index contributed by atoms with van der Waals surface area (Å²) in [4.78, 5) is 14.7. The van der Waals surface area contributed by atoms with Crippen LogP contribution >= 0.6 is 0 Å². The van der Waals surface area contributed by atoms with Crippen molar-refractivity contribution in [3.63, 3.8) is 0 Å². The molecule has 0 bridgehead atoms. The van der Waals surface area contributed by atoms with Crippen molar-refractivity contribution >= 4 is 5.78 Å². The molecule has 0 saturated heterocycles. The third-order valence-corrected chi connectivity index (χ3v) is 5.62. The van der Waals surface area contributed by atoms with Crippen LogP contribution in [0.15, 0.2) is 0 Å². The van der Waals surface area contributed by atoms with Gasteiger partial charge in [-0.1, -0.05) is 52.4 Å². The Morgan fingerprint density at radius 1 is 0.900 bits per heavy atom. The van der Waals surface area contributed by atoms with Gasteiger partial charge < -0.3 is 0 Å². The van der Waals surface area contributed by atoms with Crippen molar-refractivity contribution in [2.45, 2.75) is 97.1 Å². The fourth-order valence-electron chi connectivity index (χ4n) is 3.95. The fourth-order valence-corrected chi connectivity index (χ4v) is 3.95. The quantitative estimate of drug-likeness (QED) is 0.735. The molecule has 0 heterocycles. The molecule has 2 rings (SSSR count). The number of rotatable bonds is 5. The van der Waals surface area contributed by atoms with Crippen LogP contribution in [0.3, 0.4) is 0 Å². The molecule has 0 atom stereocenters. The zero-order valence-electron chi connectivity index (χ0n) is 13.8. The molecule has 0 amide bonds. The van der Waals surface area contributed by atoms with Gasteiger partial charge in [-0.05, 0) is 32.6 Å². The molecule has 0 aromatic rings. The summed E-state index contributed by atoms with van der Waals surface area (Å²) in [6, 6.07) is 1.48. The standard InChI is InChI=1S/C18H33NO/c1-15(20)18(2,3)14-19(16-10-6-4-7-11-16)17-12-8-5-9-13-17/h16-17H,4-14H2,1-3H3. The zero-order chi connectivity index (χ0) is 14.6. The van der Waals surface area contributed by atoms with E-state index in [0.29, 0.717) is 5.78 Å². The smallest absolute Gasteiger partial charge is 0.136 e. The third kappa shape index (κ3) is 4.07. The largest absolute Gasteiger partial charge is 0.299 e. The molecule has 0 aliphatic heterocycles. The highest BCUT2D eigenvalue weighted by molar-refractivity contribution is 5.81. The van der Waals surface area contributed by atoms with Crippen LogP contribution in [0.2, 0.25) is 0 Å². The molecule has 2 heteroatoms. The van der Waals surface area contributed by atoms with E-state index >= 15 is 0 Å². The lowest BCUT2D eigenvalue weighted by molar-refractivity contribution is -0.126. The Morgan fingerprint density at radius 3 is 1.65 bits per heavy atom. The van der Waals surface area contributed by atoms with E-state index < -0.39 is 0 Å². The summed E-state index contributed by atoms with van der Waals surface area (Å²) in [5.74, 6) is 0.342. The topological polar surface area (TPSA) is 20.3 Å². The molecule has 20 heavy (non-hydrogen) atoms. The second-order valence-corrected chi connectivity index (χ2v) is 7.70. The number of nitrogens with zero attached hydrogens (tertiary/aromatic N) is 1.